The van der Waals surface area contributed by atoms with Gasteiger partial charge in [-0.15, -0.1) is 0 Å². The first-order chi connectivity index (χ1) is 6.03. The first kappa shape index (κ1) is 13.8. The number of hydrogen-bond acceptors (Lipinski definition) is 3. The average molecular weight is 224 g/mol. The van der Waals surface area contributed by atoms with Crippen molar-refractivity contribution in [1.29, 1.82) is 0 Å². The Balaban J connectivity index is 0.00000169. The summed E-state index contributed by atoms with van der Waals surface area (Å²) in [6.07, 6.45) is 0.556. The van der Waals surface area contributed by atoms with Crippen LogP contribution in [0.1, 0.15) is 15.9 Å². The van der Waals surface area contributed by atoms with Crippen molar-refractivity contribution in [3.8, 4) is 0 Å². The normalized spacial score (nSPS) is 10.4. The molecule has 1 aromatic rings. The zero-order chi connectivity index (χ0) is 9.90. The van der Waals surface area contributed by atoms with Gasteiger partial charge < -0.3 is 0 Å². The van der Waals surface area contributed by atoms with Crippen LogP contribution in [0.5, 0.6) is 0 Å². The number of carbonyl (C=O) groups excluding carboxylic acids is 1. The van der Waals surface area contributed by atoms with E-state index in [1.807, 2.05) is 0 Å². The van der Waals surface area contributed by atoms with Crippen molar-refractivity contribution in [2.75, 3.05) is 0 Å². The predicted octanol–water partition coefficient (Wildman–Crippen LogP) is 0.238. The molecule has 0 unspecified atom stereocenters. The Kier molecular flexibility index (Phi) is 5.54. The topological polar surface area (TPSA) is 71.4 Å². The van der Waals surface area contributed by atoms with Crippen LogP contribution >= 0.6 is 0 Å². The van der Waals surface area contributed by atoms with Gasteiger partial charge in [-0.2, -0.15) is 8.42 Å². The second-order valence-electron chi connectivity index (χ2n) is 2.54. The third-order valence-electron chi connectivity index (χ3n) is 1.52. The molecule has 4 nitrogen and oxygen atoms in total. The van der Waals surface area contributed by atoms with Gasteiger partial charge in [-0.1, -0.05) is 24.3 Å². The molecule has 0 aromatic heterocycles. The Morgan fingerprint density at radius 1 is 1.29 bits per heavy atom. The van der Waals surface area contributed by atoms with Gasteiger partial charge >= 0.3 is 29.6 Å². The molecule has 0 saturated carbocycles. The molecule has 1 N–H and O–H groups in total. The fourth-order valence-electron chi connectivity index (χ4n) is 0.977. The molecular weight excluding hydrogens is 215 g/mol. The molecule has 0 heterocycles. The van der Waals surface area contributed by atoms with Crippen molar-refractivity contribution in [2.45, 2.75) is 5.75 Å². The zero-order valence-corrected chi connectivity index (χ0v) is 7.49. The number of rotatable bonds is 3. The summed E-state index contributed by atoms with van der Waals surface area (Å²) in [5.74, 6) is -0.526. The summed E-state index contributed by atoms with van der Waals surface area (Å²) in [4.78, 5) is 10.4. The molecule has 0 atom stereocenters. The van der Waals surface area contributed by atoms with Gasteiger partial charge in [0.25, 0.3) is 10.1 Å². The first-order valence-corrected chi connectivity index (χ1v) is 5.12. The van der Waals surface area contributed by atoms with Crippen molar-refractivity contribution in [3.05, 3.63) is 35.4 Å². The SMILES string of the molecule is O=Cc1ccccc1CS(=O)(=O)O.[NaH]. The van der Waals surface area contributed by atoms with Gasteiger partial charge in [0.2, 0.25) is 0 Å². The molecule has 1 aromatic carbocycles. The summed E-state index contributed by atoms with van der Waals surface area (Å²) in [5.41, 5.74) is 0.583. The summed E-state index contributed by atoms with van der Waals surface area (Å²) in [6.45, 7) is 0. The predicted molar refractivity (Wildman–Crippen MR) is 54.2 cm³/mol. The Labute approximate surface area is 104 Å². The quantitative estimate of drug-likeness (QED) is 0.453. The number of hydrogen-bond donors (Lipinski definition) is 1. The second-order valence-corrected chi connectivity index (χ2v) is 4.00. The number of benzene rings is 1. The van der Waals surface area contributed by atoms with Gasteiger partial charge in [-0.3, -0.25) is 9.35 Å². The standard InChI is InChI=1S/C8H8O4S.Na.H/c9-5-7-3-1-2-4-8(7)6-13(10,11)12;;/h1-5H,6H2,(H,10,11,12);;. The zero-order valence-electron chi connectivity index (χ0n) is 6.67. The van der Waals surface area contributed by atoms with Gasteiger partial charge in [0.15, 0.2) is 0 Å². The molecule has 0 bridgehead atoms. The summed E-state index contributed by atoms with van der Waals surface area (Å²) < 4.78 is 29.6. The molecule has 0 aliphatic rings. The van der Waals surface area contributed by atoms with E-state index in [0.29, 0.717) is 11.8 Å². The van der Waals surface area contributed by atoms with Gasteiger partial charge in [0.1, 0.15) is 12.0 Å². The van der Waals surface area contributed by atoms with Crippen LogP contribution in [0, 0.1) is 0 Å². The van der Waals surface area contributed by atoms with Gasteiger partial charge in [-0.05, 0) is 5.56 Å². The van der Waals surface area contributed by atoms with E-state index in [1.165, 1.54) is 12.1 Å². The van der Waals surface area contributed by atoms with Gasteiger partial charge in [0, 0.05) is 5.56 Å². The fraction of sp³-hybridized carbons (Fsp3) is 0.125. The van der Waals surface area contributed by atoms with Crippen LogP contribution in [0.15, 0.2) is 24.3 Å². The van der Waals surface area contributed by atoms with Crippen LogP contribution in [0.4, 0.5) is 0 Å². The van der Waals surface area contributed by atoms with Crippen LogP contribution in [0.2, 0.25) is 0 Å². The number of carbonyl (C=O) groups is 1. The molecule has 1 rings (SSSR count). The van der Waals surface area contributed by atoms with E-state index in [0.717, 1.165) is 0 Å². The van der Waals surface area contributed by atoms with E-state index in [-0.39, 0.29) is 35.1 Å². The van der Waals surface area contributed by atoms with Crippen molar-refractivity contribution in [3.63, 3.8) is 0 Å². The minimum atomic E-state index is -4.07. The molecule has 0 amide bonds. The molecule has 14 heavy (non-hydrogen) atoms. The molecule has 0 spiro atoms. The molecule has 0 saturated heterocycles. The molecule has 0 aliphatic heterocycles. The van der Waals surface area contributed by atoms with E-state index in [1.54, 1.807) is 12.1 Å². The average Bonchev–Trinajstić information content (AvgIpc) is 2.02. The number of aldehydes is 1. The van der Waals surface area contributed by atoms with Crippen molar-refractivity contribution < 1.29 is 17.8 Å². The molecule has 6 heteroatoms. The Morgan fingerprint density at radius 3 is 2.36 bits per heavy atom. The molecule has 0 aliphatic carbocycles. The molecule has 0 fully saturated rings. The van der Waals surface area contributed by atoms with E-state index in [4.69, 9.17) is 4.55 Å². The van der Waals surface area contributed by atoms with Crippen LogP contribution in [0.3, 0.4) is 0 Å². The Hall–Kier alpha value is -0.200. The third-order valence-corrected chi connectivity index (χ3v) is 2.20. The van der Waals surface area contributed by atoms with E-state index in [2.05, 4.69) is 0 Å². The van der Waals surface area contributed by atoms with Crippen molar-refractivity contribution >= 4 is 46.0 Å². The summed E-state index contributed by atoms with van der Waals surface area (Å²) in [5, 5.41) is 0. The van der Waals surface area contributed by atoms with Crippen molar-refractivity contribution in [1.82, 2.24) is 0 Å². The minimum absolute atomic E-state index is 0. The summed E-state index contributed by atoms with van der Waals surface area (Å²) in [6, 6.07) is 6.20. The monoisotopic (exact) mass is 224 g/mol. The Morgan fingerprint density at radius 2 is 1.86 bits per heavy atom. The van der Waals surface area contributed by atoms with E-state index >= 15 is 0 Å². The first-order valence-electron chi connectivity index (χ1n) is 3.51. The van der Waals surface area contributed by atoms with Crippen molar-refractivity contribution in [2.24, 2.45) is 0 Å². The van der Waals surface area contributed by atoms with Gasteiger partial charge in [-0.25, -0.2) is 0 Å². The third kappa shape index (κ3) is 4.34. The second kappa shape index (κ2) is 5.63. The summed E-state index contributed by atoms with van der Waals surface area (Å²) >= 11 is 0. The van der Waals surface area contributed by atoms with Crippen LogP contribution in [-0.2, 0) is 15.9 Å². The van der Waals surface area contributed by atoms with Gasteiger partial charge in [0.05, 0.1) is 0 Å². The maximum atomic E-state index is 10.5. The summed E-state index contributed by atoms with van der Waals surface area (Å²) in [7, 11) is -4.07. The van der Waals surface area contributed by atoms with E-state index in [9.17, 15) is 13.2 Å². The van der Waals surface area contributed by atoms with Crippen LogP contribution < -0.4 is 0 Å². The molecular formula is C8H9NaO4S. The maximum absolute atomic E-state index is 10.5. The molecule has 72 valence electrons. The fourth-order valence-corrected chi connectivity index (χ4v) is 1.63. The van der Waals surface area contributed by atoms with E-state index < -0.39 is 15.9 Å². The van der Waals surface area contributed by atoms with Crippen LogP contribution in [0.25, 0.3) is 0 Å². The Bertz CT molecular complexity index is 413. The van der Waals surface area contributed by atoms with Crippen LogP contribution in [-0.4, -0.2) is 48.8 Å². The molecule has 0 radical (unpaired) electrons.